The molecule has 10 heavy (non-hydrogen) atoms. The second-order valence-electron chi connectivity index (χ2n) is 2.64. The van der Waals surface area contributed by atoms with Crippen LogP contribution in [0.25, 0.3) is 0 Å². The molecule has 0 aromatic carbocycles. The normalized spacial score (nSPS) is 18.4. The third kappa shape index (κ3) is 2.66. The van der Waals surface area contributed by atoms with Crippen LogP contribution in [0.4, 0.5) is 0 Å². The summed E-state index contributed by atoms with van der Waals surface area (Å²) in [6.45, 7) is 3.55. The van der Waals surface area contributed by atoms with Crippen LogP contribution >= 0.6 is 0 Å². The van der Waals surface area contributed by atoms with Crippen LogP contribution in [0.5, 0.6) is 0 Å². The van der Waals surface area contributed by atoms with Crippen molar-refractivity contribution in [3.63, 3.8) is 0 Å². The predicted octanol–water partition coefficient (Wildman–Crippen LogP) is 0.157. The van der Waals surface area contributed by atoms with E-state index in [1.54, 1.807) is 6.92 Å². The number of sulfone groups is 1. The topological polar surface area (TPSA) is 60.2 Å². The third-order valence-electron chi connectivity index (χ3n) is 1.54. The molecular weight excluding hydrogens is 150 g/mol. The Morgan fingerprint density at radius 3 is 1.90 bits per heavy atom. The van der Waals surface area contributed by atoms with Crippen molar-refractivity contribution in [2.75, 3.05) is 6.26 Å². The number of hydrogen-bond acceptors (Lipinski definition) is 3. The maximum absolute atomic E-state index is 10.9. The molecule has 0 aromatic rings. The summed E-state index contributed by atoms with van der Waals surface area (Å²) in [5.41, 5.74) is 5.45. The van der Waals surface area contributed by atoms with Gasteiger partial charge < -0.3 is 5.73 Å². The summed E-state index contributed by atoms with van der Waals surface area (Å²) in [4.78, 5) is 0. The first-order valence-electron chi connectivity index (χ1n) is 3.34. The highest BCUT2D eigenvalue weighted by molar-refractivity contribution is 7.91. The van der Waals surface area contributed by atoms with E-state index >= 15 is 0 Å². The average Bonchev–Trinajstić information content (AvgIpc) is 1.60. The summed E-state index contributed by atoms with van der Waals surface area (Å²) >= 11 is 0. The van der Waals surface area contributed by atoms with Crippen LogP contribution in [-0.4, -0.2) is 26.0 Å². The molecule has 0 rings (SSSR count). The molecule has 0 bridgehead atoms. The van der Waals surface area contributed by atoms with Crippen LogP contribution < -0.4 is 5.73 Å². The molecule has 0 saturated heterocycles. The van der Waals surface area contributed by atoms with Gasteiger partial charge in [0.2, 0.25) is 0 Å². The quantitative estimate of drug-likeness (QED) is 0.648. The lowest BCUT2D eigenvalue weighted by atomic mass is 10.2. The summed E-state index contributed by atoms with van der Waals surface area (Å²) in [7, 11) is -2.94. The van der Waals surface area contributed by atoms with E-state index < -0.39 is 9.84 Å². The zero-order valence-corrected chi connectivity index (χ0v) is 7.48. The molecule has 0 aliphatic rings. The second kappa shape index (κ2) is 3.34. The van der Waals surface area contributed by atoms with Crippen LogP contribution in [0, 0.1) is 0 Å². The van der Waals surface area contributed by atoms with E-state index in [0.29, 0.717) is 6.42 Å². The van der Waals surface area contributed by atoms with Crippen molar-refractivity contribution in [2.45, 2.75) is 31.6 Å². The lowest BCUT2D eigenvalue weighted by Crippen LogP contribution is -2.37. The maximum Gasteiger partial charge on any atom is 0.151 e. The molecule has 0 fully saturated rings. The van der Waals surface area contributed by atoms with E-state index in [9.17, 15) is 8.42 Å². The van der Waals surface area contributed by atoms with E-state index in [4.69, 9.17) is 5.73 Å². The average molecular weight is 165 g/mol. The zero-order chi connectivity index (χ0) is 8.36. The van der Waals surface area contributed by atoms with Gasteiger partial charge in [0.15, 0.2) is 9.84 Å². The minimum atomic E-state index is -2.94. The Kier molecular flexibility index (Phi) is 3.31. The minimum absolute atomic E-state index is 0.264. The molecule has 0 unspecified atom stereocenters. The SMILES string of the molecule is CC[C@@H]([C@H](C)N)S(C)(=O)=O. The fourth-order valence-electron chi connectivity index (χ4n) is 1.06. The first kappa shape index (κ1) is 9.91. The lowest BCUT2D eigenvalue weighted by molar-refractivity contribution is 0.558. The van der Waals surface area contributed by atoms with E-state index in [1.807, 2.05) is 6.92 Å². The van der Waals surface area contributed by atoms with Gasteiger partial charge in [-0.2, -0.15) is 0 Å². The van der Waals surface area contributed by atoms with Crippen LogP contribution in [0.15, 0.2) is 0 Å². The van der Waals surface area contributed by atoms with E-state index in [0.717, 1.165) is 0 Å². The van der Waals surface area contributed by atoms with Gasteiger partial charge in [0.1, 0.15) is 0 Å². The molecule has 0 amide bonds. The molecule has 0 aliphatic carbocycles. The number of rotatable bonds is 3. The molecular formula is C6H15NO2S. The molecule has 0 aromatic heterocycles. The Labute approximate surface area is 62.5 Å². The predicted molar refractivity (Wildman–Crippen MR) is 42.6 cm³/mol. The summed E-state index contributed by atoms with van der Waals surface area (Å²) in [6, 6.07) is -0.264. The van der Waals surface area contributed by atoms with Crippen LogP contribution in [0.1, 0.15) is 20.3 Å². The molecule has 0 spiro atoms. The first-order valence-corrected chi connectivity index (χ1v) is 5.29. The summed E-state index contributed by atoms with van der Waals surface area (Å²) in [6.07, 6.45) is 1.82. The minimum Gasteiger partial charge on any atom is -0.327 e. The van der Waals surface area contributed by atoms with Gasteiger partial charge >= 0.3 is 0 Å². The van der Waals surface area contributed by atoms with Crippen molar-refractivity contribution in [1.82, 2.24) is 0 Å². The van der Waals surface area contributed by atoms with Crippen LogP contribution in [0.2, 0.25) is 0 Å². The summed E-state index contributed by atoms with van der Waals surface area (Å²) in [5, 5.41) is -0.382. The van der Waals surface area contributed by atoms with Gasteiger partial charge in [0.05, 0.1) is 5.25 Å². The molecule has 62 valence electrons. The highest BCUT2D eigenvalue weighted by atomic mass is 32.2. The third-order valence-corrected chi connectivity index (χ3v) is 3.40. The molecule has 0 radical (unpaired) electrons. The van der Waals surface area contributed by atoms with E-state index in [2.05, 4.69) is 0 Å². The van der Waals surface area contributed by atoms with Crippen molar-refractivity contribution in [3.05, 3.63) is 0 Å². The van der Waals surface area contributed by atoms with Crippen LogP contribution in [-0.2, 0) is 9.84 Å². The summed E-state index contributed by atoms with van der Waals surface area (Å²) in [5.74, 6) is 0. The largest absolute Gasteiger partial charge is 0.327 e. The van der Waals surface area contributed by atoms with Crippen molar-refractivity contribution >= 4 is 9.84 Å². The molecule has 2 atom stereocenters. The van der Waals surface area contributed by atoms with Gasteiger partial charge in [0, 0.05) is 12.3 Å². The fourth-order valence-corrected chi connectivity index (χ4v) is 2.45. The van der Waals surface area contributed by atoms with Crippen molar-refractivity contribution in [3.8, 4) is 0 Å². The van der Waals surface area contributed by atoms with Gasteiger partial charge in [-0.15, -0.1) is 0 Å². The summed E-state index contributed by atoms with van der Waals surface area (Å²) < 4.78 is 21.8. The van der Waals surface area contributed by atoms with Gasteiger partial charge in [-0.1, -0.05) is 6.92 Å². The smallest absolute Gasteiger partial charge is 0.151 e. The molecule has 4 heteroatoms. The Balaban J connectivity index is 4.38. The van der Waals surface area contributed by atoms with Crippen molar-refractivity contribution < 1.29 is 8.42 Å². The van der Waals surface area contributed by atoms with Crippen molar-refractivity contribution in [1.29, 1.82) is 0 Å². The number of hydrogen-bond donors (Lipinski definition) is 1. The highest BCUT2D eigenvalue weighted by Gasteiger charge is 2.21. The standard InChI is InChI=1S/C6H15NO2S/c1-4-6(5(2)7)10(3,8)9/h5-6H,4,7H2,1-3H3/t5-,6-/m0/s1. The first-order chi connectivity index (χ1) is 4.39. The molecule has 0 heterocycles. The Morgan fingerprint density at radius 1 is 1.50 bits per heavy atom. The Morgan fingerprint density at radius 2 is 1.90 bits per heavy atom. The Hall–Kier alpha value is -0.0900. The van der Waals surface area contributed by atoms with Gasteiger partial charge in [0.25, 0.3) is 0 Å². The maximum atomic E-state index is 10.9. The fraction of sp³-hybridized carbons (Fsp3) is 1.00. The van der Waals surface area contributed by atoms with Crippen LogP contribution in [0.3, 0.4) is 0 Å². The van der Waals surface area contributed by atoms with E-state index in [1.165, 1.54) is 6.26 Å². The highest BCUT2D eigenvalue weighted by Crippen LogP contribution is 2.06. The van der Waals surface area contributed by atoms with Gasteiger partial charge in [-0.3, -0.25) is 0 Å². The van der Waals surface area contributed by atoms with Gasteiger partial charge in [-0.25, -0.2) is 8.42 Å². The Bertz CT molecular complexity index is 184. The number of nitrogens with two attached hydrogens (primary N) is 1. The molecule has 0 aliphatic heterocycles. The molecule has 2 N–H and O–H groups in total. The molecule has 3 nitrogen and oxygen atoms in total. The molecule has 0 saturated carbocycles. The second-order valence-corrected chi connectivity index (χ2v) is 4.90. The van der Waals surface area contributed by atoms with E-state index in [-0.39, 0.29) is 11.3 Å². The monoisotopic (exact) mass is 165 g/mol. The van der Waals surface area contributed by atoms with Gasteiger partial charge in [-0.05, 0) is 13.3 Å². The zero-order valence-electron chi connectivity index (χ0n) is 6.66. The van der Waals surface area contributed by atoms with Crippen molar-refractivity contribution in [2.24, 2.45) is 5.73 Å². The lowest BCUT2D eigenvalue weighted by Gasteiger charge is -2.15.